The summed E-state index contributed by atoms with van der Waals surface area (Å²) in [6.45, 7) is 1.74. The highest BCUT2D eigenvalue weighted by atomic mass is 19.4. The molecule has 2 aromatic carbocycles. The van der Waals surface area contributed by atoms with Crippen LogP contribution in [0.15, 0.2) is 42.5 Å². The van der Waals surface area contributed by atoms with Crippen LogP contribution in [0.5, 0.6) is 11.5 Å². The van der Waals surface area contributed by atoms with E-state index in [1.54, 1.807) is 11.0 Å². The van der Waals surface area contributed by atoms with Crippen LogP contribution in [0.1, 0.15) is 15.9 Å². The van der Waals surface area contributed by atoms with Crippen molar-refractivity contribution >= 4 is 11.6 Å². The van der Waals surface area contributed by atoms with E-state index in [-0.39, 0.29) is 17.4 Å². The third-order valence-corrected chi connectivity index (χ3v) is 4.09. The zero-order chi connectivity index (χ0) is 20.3. The van der Waals surface area contributed by atoms with Crippen LogP contribution in [0, 0.1) is 10.1 Å². The first-order chi connectivity index (χ1) is 13.3. The summed E-state index contributed by atoms with van der Waals surface area (Å²) in [6.07, 6.45) is -4.71. The van der Waals surface area contributed by atoms with E-state index in [1.165, 1.54) is 18.2 Å². The second-order valence-electron chi connectivity index (χ2n) is 5.97. The standard InChI is InChI=1S/C18H15F3N2O5/c19-18(20,21)13-4-5-16(15(11-13)23(25)26)28-14-3-1-2-12(10-14)17(24)22-6-8-27-9-7-22/h1-5,10-11H,6-9H2. The number of ether oxygens (including phenoxy) is 2. The summed E-state index contributed by atoms with van der Waals surface area (Å²) in [7, 11) is 0. The molecule has 0 aromatic heterocycles. The number of hydrogen-bond donors (Lipinski definition) is 0. The van der Waals surface area contributed by atoms with E-state index >= 15 is 0 Å². The van der Waals surface area contributed by atoms with Crippen molar-refractivity contribution in [3.8, 4) is 11.5 Å². The molecule has 1 amide bonds. The normalized spacial score (nSPS) is 14.6. The van der Waals surface area contributed by atoms with Gasteiger partial charge in [-0.05, 0) is 30.3 Å². The number of nitrogens with zero attached hydrogens (tertiary/aromatic N) is 2. The molecule has 10 heteroatoms. The lowest BCUT2D eigenvalue weighted by molar-refractivity contribution is -0.385. The van der Waals surface area contributed by atoms with Gasteiger partial charge in [-0.3, -0.25) is 14.9 Å². The molecule has 3 rings (SSSR count). The van der Waals surface area contributed by atoms with E-state index < -0.39 is 22.4 Å². The molecule has 2 aromatic rings. The van der Waals surface area contributed by atoms with Crippen LogP contribution >= 0.6 is 0 Å². The Balaban J connectivity index is 1.86. The third kappa shape index (κ3) is 4.39. The van der Waals surface area contributed by atoms with E-state index in [0.29, 0.717) is 44.0 Å². The third-order valence-electron chi connectivity index (χ3n) is 4.09. The number of carbonyl (C=O) groups is 1. The van der Waals surface area contributed by atoms with E-state index in [2.05, 4.69) is 0 Å². The zero-order valence-corrected chi connectivity index (χ0v) is 14.4. The molecule has 0 N–H and O–H groups in total. The monoisotopic (exact) mass is 396 g/mol. The van der Waals surface area contributed by atoms with Crippen LogP contribution in [0.2, 0.25) is 0 Å². The van der Waals surface area contributed by atoms with Crippen molar-refractivity contribution in [2.75, 3.05) is 26.3 Å². The van der Waals surface area contributed by atoms with Crippen molar-refractivity contribution < 1.29 is 32.4 Å². The van der Waals surface area contributed by atoms with Gasteiger partial charge in [0.1, 0.15) is 5.75 Å². The van der Waals surface area contributed by atoms with Crippen LogP contribution < -0.4 is 4.74 Å². The van der Waals surface area contributed by atoms with Crippen molar-refractivity contribution in [1.29, 1.82) is 0 Å². The van der Waals surface area contributed by atoms with Crippen LogP contribution in [0.3, 0.4) is 0 Å². The highest BCUT2D eigenvalue weighted by molar-refractivity contribution is 5.94. The summed E-state index contributed by atoms with van der Waals surface area (Å²) in [5.41, 5.74) is -1.67. The lowest BCUT2D eigenvalue weighted by Gasteiger charge is -2.26. The minimum atomic E-state index is -4.71. The van der Waals surface area contributed by atoms with E-state index in [1.807, 2.05) is 0 Å². The minimum absolute atomic E-state index is 0.0990. The molecule has 0 radical (unpaired) electrons. The molecule has 0 unspecified atom stereocenters. The smallest absolute Gasteiger partial charge is 0.416 e. The number of carbonyl (C=O) groups excluding carboxylic acids is 1. The average Bonchev–Trinajstić information content (AvgIpc) is 2.67. The fraction of sp³-hybridized carbons (Fsp3) is 0.278. The number of nitro benzene ring substituents is 1. The van der Waals surface area contributed by atoms with Crippen molar-refractivity contribution in [3.63, 3.8) is 0 Å². The van der Waals surface area contributed by atoms with Gasteiger partial charge in [0.2, 0.25) is 5.75 Å². The maximum Gasteiger partial charge on any atom is 0.416 e. The number of rotatable bonds is 4. The van der Waals surface area contributed by atoms with Crippen LogP contribution in [0.4, 0.5) is 18.9 Å². The molecule has 0 bridgehead atoms. The van der Waals surface area contributed by atoms with Gasteiger partial charge in [0.15, 0.2) is 0 Å². The SMILES string of the molecule is O=C(c1cccc(Oc2ccc(C(F)(F)F)cc2[N+](=O)[O-])c1)N1CCOCC1. The molecule has 0 aliphatic carbocycles. The Morgan fingerprint density at radius 1 is 1.14 bits per heavy atom. The molecule has 1 aliphatic rings. The number of hydrogen-bond acceptors (Lipinski definition) is 5. The van der Waals surface area contributed by atoms with E-state index in [4.69, 9.17) is 9.47 Å². The van der Waals surface area contributed by atoms with Crippen molar-refractivity contribution in [2.24, 2.45) is 0 Å². The summed E-state index contributed by atoms with van der Waals surface area (Å²) in [6, 6.07) is 7.93. The van der Waals surface area contributed by atoms with E-state index in [9.17, 15) is 28.1 Å². The van der Waals surface area contributed by atoms with Crippen LogP contribution in [-0.4, -0.2) is 42.0 Å². The highest BCUT2D eigenvalue weighted by Crippen LogP contribution is 2.37. The van der Waals surface area contributed by atoms with Gasteiger partial charge in [-0.15, -0.1) is 0 Å². The number of alkyl halides is 3. The Bertz CT molecular complexity index is 895. The number of amides is 1. The summed E-state index contributed by atoms with van der Waals surface area (Å²) in [5, 5.41) is 11.2. The quantitative estimate of drug-likeness (QED) is 0.579. The first-order valence-electron chi connectivity index (χ1n) is 8.26. The second kappa shape index (κ2) is 7.85. The fourth-order valence-electron chi connectivity index (χ4n) is 2.69. The van der Waals surface area contributed by atoms with Crippen molar-refractivity contribution in [3.05, 3.63) is 63.7 Å². The Labute approximate surface area is 157 Å². The summed E-state index contributed by atoms with van der Waals surface area (Å²) in [4.78, 5) is 24.3. The first-order valence-corrected chi connectivity index (χ1v) is 8.26. The molecule has 7 nitrogen and oxygen atoms in total. The topological polar surface area (TPSA) is 81.9 Å². The van der Waals surface area contributed by atoms with Gasteiger partial charge in [-0.1, -0.05) is 6.07 Å². The number of benzene rings is 2. The van der Waals surface area contributed by atoms with Crippen LogP contribution in [-0.2, 0) is 10.9 Å². The Hall–Kier alpha value is -3.14. The van der Waals surface area contributed by atoms with Crippen LogP contribution in [0.25, 0.3) is 0 Å². The molecule has 28 heavy (non-hydrogen) atoms. The lowest BCUT2D eigenvalue weighted by atomic mass is 10.1. The Morgan fingerprint density at radius 3 is 2.50 bits per heavy atom. The molecule has 1 aliphatic heterocycles. The molecule has 0 atom stereocenters. The molecule has 1 heterocycles. The van der Waals surface area contributed by atoms with Gasteiger partial charge in [-0.25, -0.2) is 0 Å². The van der Waals surface area contributed by atoms with Crippen molar-refractivity contribution in [1.82, 2.24) is 4.90 Å². The zero-order valence-electron chi connectivity index (χ0n) is 14.4. The number of halogens is 3. The van der Waals surface area contributed by atoms with Gasteiger partial charge >= 0.3 is 11.9 Å². The minimum Gasteiger partial charge on any atom is -0.450 e. The first kappa shape index (κ1) is 19.6. The van der Waals surface area contributed by atoms with Gasteiger partial charge in [0.05, 0.1) is 23.7 Å². The van der Waals surface area contributed by atoms with Gasteiger partial charge < -0.3 is 14.4 Å². The van der Waals surface area contributed by atoms with Gasteiger partial charge in [0, 0.05) is 24.7 Å². The largest absolute Gasteiger partial charge is 0.450 e. The molecular formula is C18H15F3N2O5. The maximum atomic E-state index is 12.8. The number of morpholine rings is 1. The van der Waals surface area contributed by atoms with Crippen molar-refractivity contribution in [2.45, 2.75) is 6.18 Å². The molecule has 1 fully saturated rings. The molecule has 0 saturated carbocycles. The summed E-state index contributed by atoms with van der Waals surface area (Å²) >= 11 is 0. The maximum absolute atomic E-state index is 12.8. The summed E-state index contributed by atoms with van der Waals surface area (Å²) in [5.74, 6) is -0.508. The van der Waals surface area contributed by atoms with Gasteiger partial charge in [0.25, 0.3) is 5.91 Å². The average molecular weight is 396 g/mol. The summed E-state index contributed by atoms with van der Waals surface area (Å²) < 4.78 is 49.0. The highest BCUT2D eigenvalue weighted by Gasteiger charge is 2.33. The molecule has 1 saturated heterocycles. The second-order valence-corrected chi connectivity index (χ2v) is 5.97. The molecular weight excluding hydrogens is 381 g/mol. The predicted octanol–water partition coefficient (Wildman–Crippen LogP) is 3.88. The molecule has 0 spiro atoms. The Morgan fingerprint density at radius 2 is 1.86 bits per heavy atom. The molecule has 148 valence electrons. The van der Waals surface area contributed by atoms with Gasteiger partial charge in [-0.2, -0.15) is 13.2 Å². The Kier molecular flexibility index (Phi) is 5.50. The predicted molar refractivity (Wildman–Crippen MR) is 91.3 cm³/mol. The fourth-order valence-corrected chi connectivity index (χ4v) is 2.69. The lowest BCUT2D eigenvalue weighted by Crippen LogP contribution is -2.40. The van der Waals surface area contributed by atoms with E-state index in [0.717, 1.165) is 6.07 Å². The number of nitro groups is 1.